The van der Waals surface area contributed by atoms with Gasteiger partial charge in [-0.3, -0.25) is 0 Å². The smallest absolute Gasteiger partial charge is 0.383 e. The summed E-state index contributed by atoms with van der Waals surface area (Å²) in [5.74, 6) is 1.26. The molecule has 0 atom stereocenters. The van der Waals surface area contributed by atoms with Gasteiger partial charge in [0.2, 0.25) is 5.75 Å². The van der Waals surface area contributed by atoms with Gasteiger partial charge in [-0.25, -0.2) is 4.79 Å². The Kier molecular flexibility index (Phi) is 14.0. The molecule has 5 heteroatoms. The molecular formula is C32H48O5. The SMILES string of the molecule is CCCCCCCCCCOc1c(OC(C)C)c(=O)oc2cc(OCC=C(C)CCC=C(C)C)ccc12. The number of rotatable bonds is 18. The number of hydrogen-bond acceptors (Lipinski definition) is 5. The molecule has 0 aliphatic rings. The Morgan fingerprint density at radius 2 is 1.62 bits per heavy atom. The predicted octanol–water partition coefficient (Wildman–Crippen LogP) is 9.17. The van der Waals surface area contributed by atoms with Gasteiger partial charge in [0.05, 0.1) is 18.1 Å². The molecule has 0 saturated carbocycles. The molecule has 1 aromatic carbocycles. The Hall–Kier alpha value is -2.69. The molecule has 0 saturated heterocycles. The molecule has 0 aliphatic carbocycles. The summed E-state index contributed by atoms with van der Waals surface area (Å²) in [6.07, 6.45) is 16.0. The Bertz CT molecular complexity index is 1060. The van der Waals surface area contributed by atoms with Crippen LogP contribution in [0.25, 0.3) is 11.0 Å². The van der Waals surface area contributed by atoms with Crippen molar-refractivity contribution in [3.8, 4) is 17.2 Å². The van der Waals surface area contributed by atoms with Gasteiger partial charge in [-0.2, -0.15) is 0 Å². The zero-order chi connectivity index (χ0) is 27.0. The quantitative estimate of drug-likeness (QED) is 0.113. The third-order valence-electron chi connectivity index (χ3n) is 6.16. The van der Waals surface area contributed by atoms with E-state index in [0.29, 0.717) is 30.3 Å². The van der Waals surface area contributed by atoms with E-state index in [2.05, 4.69) is 39.8 Å². The van der Waals surface area contributed by atoms with Crippen molar-refractivity contribution >= 4 is 11.0 Å². The van der Waals surface area contributed by atoms with Gasteiger partial charge in [-0.1, -0.05) is 69.1 Å². The van der Waals surface area contributed by atoms with Crippen LogP contribution in [0.15, 0.2) is 50.7 Å². The molecule has 1 heterocycles. The Morgan fingerprint density at radius 1 is 0.919 bits per heavy atom. The van der Waals surface area contributed by atoms with Crippen molar-refractivity contribution in [1.82, 2.24) is 0 Å². The molecule has 0 radical (unpaired) electrons. The minimum Gasteiger partial charge on any atom is -0.489 e. The largest absolute Gasteiger partial charge is 0.489 e. The summed E-state index contributed by atoms with van der Waals surface area (Å²) < 4.78 is 23.5. The van der Waals surface area contributed by atoms with Crippen molar-refractivity contribution in [3.05, 3.63) is 51.9 Å². The second-order valence-electron chi connectivity index (χ2n) is 10.4. The van der Waals surface area contributed by atoms with E-state index in [1.807, 2.05) is 26.0 Å². The van der Waals surface area contributed by atoms with E-state index < -0.39 is 5.63 Å². The van der Waals surface area contributed by atoms with E-state index in [4.69, 9.17) is 18.6 Å². The Labute approximate surface area is 223 Å². The van der Waals surface area contributed by atoms with Crippen LogP contribution in [0.3, 0.4) is 0 Å². The van der Waals surface area contributed by atoms with Crippen molar-refractivity contribution in [3.63, 3.8) is 0 Å². The first kappa shape index (κ1) is 30.5. The molecule has 0 spiro atoms. The second kappa shape index (κ2) is 16.9. The van der Waals surface area contributed by atoms with Crippen molar-refractivity contribution in [2.45, 2.75) is 112 Å². The summed E-state index contributed by atoms with van der Waals surface area (Å²) in [6.45, 7) is 13.4. The maximum Gasteiger partial charge on any atom is 0.383 e. The molecule has 0 bridgehead atoms. The molecule has 2 aromatic rings. The highest BCUT2D eigenvalue weighted by atomic mass is 16.5. The summed E-state index contributed by atoms with van der Waals surface area (Å²) in [4.78, 5) is 12.8. The topological polar surface area (TPSA) is 57.9 Å². The molecule has 0 amide bonds. The molecule has 37 heavy (non-hydrogen) atoms. The molecular weight excluding hydrogens is 464 g/mol. The van der Waals surface area contributed by atoms with Crippen LogP contribution in [-0.4, -0.2) is 19.3 Å². The van der Waals surface area contributed by atoms with E-state index in [9.17, 15) is 4.79 Å². The highest BCUT2D eigenvalue weighted by Crippen LogP contribution is 2.35. The van der Waals surface area contributed by atoms with Crippen LogP contribution in [0, 0.1) is 0 Å². The lowest BCUT2D eigenvalue weighted by Crippen LogP contribution is -2.15. The van der Waals surface area contributed by atoms with Gasteiger partial charge in [0.1, 0.15) is 17.9 Å². The van der Waals surface area contributed by atoms with Crippen LogP contribution in [0.1, 0.15) is 106 Å². The van der Waals surface area contributed by atoms with Crippen LogP contribution < -0.4 is 19.8 Å². The minimum absolute atomic E-state index is 0.144. The lowest BCUT2D eigenvalue weighted by atomic mass is 10.1. The zero-order valence-electron chi connectivity index (χ0n) is 24.0. The monoisotopic (exact) mass is 512 g/mol. The Morgan fingerprint density at radius 3 is 2.30 bits per heavy atom. The van der Waals surface area contributed by atoms with Gasteiger partial charge in [0, 0.05) is 6.07 Å². The van der Waals surface area contributed by atoms with Crippen LogP contribution in [0.2, 0.25) is 0 Å². The van der Waals surface area contributed by atoms with E-state index >= 15 is 0 Å². The summed E-state index contributed by atoms with van der Waals surface area (Å²) in [5, 5.41) is 0.718. The van der Waals surface area contributed by atoms with E-state index in [1.165, 1.54) is 49.7 Å². The molecule has 0 unspecified atom stereocenters. The number of hydrogen-bond donors (Lipinski definition) is 0. The van der Waals surface area contributed by atoms with Crippen LogP contribution in [0.4, 0.5) is 0 Å². The predicted molar refractivity (Wildman–Crippen MR) is 154 cm³/mol. The van der Waals surface area contributed by atoms with Gasteiger partial charge < -0.3 is 18.6 Å². The van der Waals surface area contributed by atoms with E-state index in [-0.39, 0.29) is 11.9 Å². The third-order valence-corrected chi connectivity index (χ3v) is 6.16. The molecule has 1 aromatic heterocycles. The molecule has 0 fully saturated rings. The van der Waals surface area contributed by atoms with Crippen molar-refractivity contribution in [2.75, 3.05) is 13.2 Å². The van der Waals surface area contributed by atoms with Crippen molar-refractivity contribution < 1.29 is 18.6 Å². The molecule has 2 rings (SSSR count). The maximum absolute atomic E-state index is 12.8. The first-order valence-electron chi connectivity index (χ1n) is 14.1. The van der Waals surface area contributed by atoms with Crippen LogP contribution >= 0.6 is 0 Å². The fourth-order valence-electron chi connectivity index (χ4n) is 4.09. The third kappa shape index (κ3) is 11.5. The minimum atomic E-state index is -0.528. The Balaban J connectivity index is 2.05. The fourth-order valence-corrected chi connectivity index (χ4v) is 4.09. The standard InChI is InChI=1S/C32H48O5/c1-7-8-9-10-11-12-13-14-21-35-30-28-19-18-27(34-22-20-26(6)17-15-16-24(2)3)23-29(28)37-32(33)31(30)36-25(4)5/h16,18-20,23,25H,7-15,17,21-22H2,1-6H3. The fraction of sp³-hybridized carbons (Fsp3) is 0.594. The lowest BCUT2D eigenvalue weighted by Gasteiger charge is -2.16. The van der Waals surface area contributed by atoms with Gasteiger partial charge >= 0.3 is 5.63 Å². The molecule has 206 valence electrons. The van der Waals surface area contributed by atoms with Gasteiger partial charge in [-0.15, -0.1) is 0 Å². The average Bonchev–Trinajstić information content (AvgIpc) is 2.84. The van der Waals surface area contributed by atoms with Gasteiger partial charge in [0.15, 0.2) is 5.75 Å². The van der Waals surface area contributed by atoms with Crippen LogP contribution in [0.5, 0.6) is 17.2 Å². The summed E-state index contributed by atoms with van der Waals surface area (Å²) >= 11 is 0. The first-order chi connectivity index (χ1) is 17.8. The zero-order valence-corrected chi connectivity index (χ0v) is 24.0. The van der Waals surface area contributed by atoms with Crippen molar-refractivity contribution in [2.24, 2.45) is 0 Å². The number of unbranched alkanes of at least 4 members (excludes halogenated alkanes) is 7. The number of ether oxygens (including phenoxy) is 3. The highest BCUT2D eigenvalue weighted by molar-refractivity contribution is 5.86. The normalized spacial score (nSPS) is 11.7. The second-order valence-corrected chi connectivity index (χ2v) is 10.4. The van der Waals surface area contributed by atoms with Gasteiger partial charge in [-0.05, 0) is 72.1 Å². The van der Waals surface area contributed by atoms with Gasteiger partial charge in [0.25, 0.3) is 0 Å². The maximum atomic E-state index is 12.8. The van der Waals surface area contributed by atoms with E-state index in [1.54, 1.807) is 6.07 Å². The number of benzene rings is 1. The summed E-state index contributed by atoms with van der Waals surface area (Å²) in [6, 6.07) is 5.53. The van der Waals surface area contributed by atoms with Crippen LogP contribution in [-0.2, 0) is 0 Å². The number of fused-ring (bicyclic) bond motifs is 1. The molecule has 0 aliphatic heterocycles. The van der Waals surface area contributed by atoms with Crippen molar-refractivity contribution in [1.29, 1.82) is 0 Å². The number of allylic oxidation sites excluding steroid dienone is 3. The molecule has 5 nitrogen and oxygen atoms in total. The summed E-state index contributed by atoms with van der Waals surface area (Å²) in [7, 11) is 0. The lowest BCUT2D eigenvalue weighted by molar-refractivity contribution is 0.210. The molecule has 0 N–H and O–H groups in total. The average molecular weight is 513 g/mol. The van der Waals surface area contributed by atoms with E-state index in [0.717, 1.165) is 31.1 Å². The summed E-state index contributed by atoms with van der Waals surface area (Å²) in [5.41, 5.74) is 2.54. The highest BCUT2D eigenvalue weighted by Gasteiger charge is 2.19. The first-order valence-corrected chi connectivity index (χ1v) is 14.1.